The van der Waals surface area contributed by atoms with Crippen molar-refractivity contribution in [2.24, 2.45) is 0 Å². The molecule has 0 aromatic carbocycles. The summed E-state index contributed by atoms with van der Waals surface area (Å²) in [5.41, 5.74) is 0. The second-order valence-electron chi connectivity index (χ2n) is 3.48. The van der Waals surface area contributed by atoms with Crippen LogP contribution in [0.25, 0.3) is 0 Å². The van der Waals surface area contributed by atoms with Crippen molar-refractivity contribution in [3.05, 3.63) is 0 Å². The molecule has 4 N–H and O–H groups in total. The van der Waals surface area contributed by atoms with Crippen LogP contribution in [0.5, 0.6) is 0 Å². The predicted octanol–water partition coefficient (Wildman–Crippen LogP) is -1.84. The van der Waals surface area contributed by atoms with Gasteiger partial charge in [0.25, 0.3) is 0 Å². The first kappa shape index (κ1) is 14.3. The maximum absolute atomic E-state index is 10.8. The smallest absolute Gasteiger partial charge is 0.335 e. The Morgan fingerprint density at radius 1 is 1.29 bits per heavy atom. The van der Waals surface area contributed by atoms with Gasteiger partial charge in [-0.05, 0) is 15.9 Å². The number of carboxylic acids is 1. The number of alkyl halides is 1. The Labute approximate surface area is 104 Å². The summed E-state index contributed by atoms with van der Waals surface area (Å²) in [4.78, 5) is 21.5. The zero-order chi connectivity index (χ0) is 13.4. The third-order valence-electron chi connectivity index (χ3n) is 2.15. The highest BCUT2D eigenvalue weighted by atomic mass is 79.9. The van der Waals surface area contributed by atoms with Gasteiger partial charge in [-0.15, -0.1) is 0 Å². The highest BCUT2D eigenvalue weighted by Gasteiger charge is 2.56. The number of halogens is 1. The summed E-state index contributed by atoms with van der Waals surface area (Å²) < 4.78 is 7.11. The Hall–Kier alpha value is -0.740. The second-order valence-corrected chi connectivity index (χ2v) is 4.58. The summed E-state index contributed by atoms with van der Waals surface area (Å²) in [6.45, 7) is 1.01. The number of carbonyl (C=O) groups is 2. The van der Waals surface area contributed by atoms with Gasteiger partial charge in [0, 0.05) is 6.92 Å². The highest BCUT2D eigenvalue weighted by molar-refractivity contribution is 9.10. The standard InChI is InChI=1S/C8H11BrO8/c1-2(10)16-8(9)6(13)4(12)3(11)5(17-8)7(14)15/h3-6,11-13H,1H3,(H,14,15)/t3-,4-,5-,6+,8+/m0/s1. The van der Waals surface area contributed by atoms with E-state index in [1.165, 1.54) is 0 Å². The van der Waals surface area contributed by atoms with Crippen LogP contribution in [0.2, 0.25) is 0 Å². The molecule has 1 rings (SSSR count). The molecule has 1 heterocycles. The lowest BCUT2D eigenvalue weighted by Gasteiger charge is -2.42. The van der Waals surface area contributed by atoms with E-state index in [0.717, 1.165) is 6.92 Å². The van der Waals surface area contributed by atoms with Crippen LogP contribution in [-0.4, -0.2) is 61.5 Å². The van der Waals surface area contributed by atoms with Crippen LogP contribution in [-0.2, 0) is 19.1 Å². The number of aliphatic hydroxyl groups is 3. The minimum atomic E-state index is -2.21. The molecule has 1 fully saturated rings. The average Bonchev–Trinajstić information content (AvgIpc) is 2.19. The molecule has 9 heteroatoms. The van der Waals surface area contributed by atoms with Gasteiger partial charge in [0.1, 0.15) is 12.2 Å². The lowest BCUT2D eigenvalue weighted by molar-refractivity contribution is -0.299. The molecule has 0 radical (unpaired) electrons. The quantitative estimate of drug-likeness (QED) is 0.345. The van der Waals surface area contributed by atoms with Crippen LogP contribution in [0.4, 0.5) is 0 Å². The van der Waals surface area contributed by atoms with Crippen molar-refractivity contribution in [2.45, 2.75) is 36.0 Å². The molecule has 0 amide bonds. The van der Waals surface area contributed by atoms with Crippen molar-refractivity contribution < 1.29 is 39.5 Å². The molecule has 5 atom stereocenters. The third-order valence-corrected chi connectivity index (χ3v) is 2.97. The fraction of sp³-hybridized carbons (Fsp3) is 0.750. The van der Waals surface area contributed by atoms with Crippen LogP contribution >= 0.6 is 15.9 Å². The Kier molecular flexibility index (Phi) is 4.10. The average molecular weight is 315 g/mol. The van der Waals surface area contributed by atoms with E-state index in [-0.39, 0.29) is 0 Å². The molecule has 0 aromatic heterocycles. The number of carboxylic acid groups (broad SMARTS) is 1. The van der Waals surface area contributed by atoms with E-state index in [4.69, 9.17) is 9.84 Å². The molecular formula is C8H11BrO8. The van der Waals surface area contributed by atoms with Crippen molar-refractivity contribution in [1.82, 2.24) is 0 Å². The normalized spacial score (nSPS) is 41.9. The first-order valence-electron chi connectivity index (χ1n) is 4.52. The zero-order valence-corrected chi connectivity index (χ0v) is 10.2. The largest absolute Gasteiger partial charge is 0.479 e. The van der Waals surface area contributed by atoms with Gasteiger partial charge in [-0.2, -0.15) is 0 Å². The maximum atomic E-state index is 10.8. The summed E-state index contributed by atoms with van der Waals surface area (Å²) in [6.07, 6.45) is -7.36. The van der Waals surface area contributed by atoms with Gasteiger partial charge < -0.3 is 29.9 Å². The summed E-state index contributed by atoms with van der Waals surface area (Å²) in [5, 5.41) is 37.1. The monoisotopic (exact) mass is 314 g/mol. The summed E-state index contributed by atoms with van der Waals surface area (Å²) in [7, 11) is 0. The van der Waals surface area contributed by atoms with Gasteiger partial charge in [0.05, 0.1) is 0 Å². The molecule has 0 unspecified atom stereocenters. The van der Waals surface area contributed by atoms with Crippen LogP contribution in [0.3, 0.4) is 0 Å². The molecule has 1 saturated heterocycles. The van der Waals surface area contributed by atoms with Crippen molar-refractivity contribution in [2.75, 3.05) is 0 Å². The third kappa shape index (κ3) is 2.75. The van der Waals surface area contributed by atoms with Gasteiger partial charge >= 0.3 is 16.6 Å². The first-order chi connectivity index (χ1) is 7.69. The molecule has 8 nitrogen and oxygen atoms in total. The number of ether oxygens (including phenoxy) is 2. The molecule has 0 aromatic rings. The molecule has 0 spiro atoms. The molecule has 17 heavy (non-hydrogen) atoms. The SMILES string of the molecule is CC(=O)O[C@@]1(Br)O[C@H](C(=O)O)[C@@H](O)[C@H](O)[C@H]1O. The van der Waals surface area contributed by atoms with Gasteiger partial charge in [-0.1, -0.05) is 0 Å². The van der Waals surface area contributed by atoms with Crippen LogP contribution < -0.4 is 0 Å². The number of rotatable bonds is 2. The zero-order valence-electron chi connectivity index (χ0n) is 8.61. The van der Waals surface area contributed by atoms with E-state index in [0.29, 0.717) is 0 Å². The number of hydrogen-bond donors (Lipinski definition) is 4. The first-order valence-corrected chi connectivity index (χ1v) is 5.31. The molecule has 0 aliphatic carbocycles. The lowest BCUT2D eigenvalue weighted by Crippen LogP contribution is -2.64. The molecule has 0 bridgehead atoms. The minimum Gasteiger partial charge on any atom is -0.479 e. The summed E-state index contributed by atoms with van der Waals surface area (Å²) in [5.74, 6) is -2.44. The fourth-order valence-electron chi connectivity index (χ4n) is 1.36. The number of aliphatic carboxylic acids is 1. The van der Waals surface area contributed by atoms with Crippen LogP contribution in [0.15, 0.2) is 0 Å². The second kappa shape index (κ2) is 4.86. The van der Waals surface area contributed by atoms with E-state index in [2.05, 4.69) is 20.7 Å². The molecule has 1 aliphatic rings. The van der Waals surface area contributed by atoms with Crippen molar-refractivity contribution in [1.29, 1.82) is 0 Å². The lowest BCUT2D eigenvalue weighted by atomic mass is 9.99. The van der Waals surface area contributed by atoms with Gasteiger partial charge in [-0.3, -0.25) is 4.79 Å². The van der Waals surface area contributed by atoms with Crippen LogP contribution in [0.1, 0.15) is 6.92 Å². The number of aliphatic hydroxyl groups excluding tert-OH is 3. The molecular weight excluding hydrogens is 304 g/mol. The number of carbonyl (C=O) groups excluding carboxylic acids is 1. The molecule has 1 aliphatic heterocycles. The van der Waals surface area contributed by atoms with E-state index >= 15 is 0 Å². The van der Waals surface area contributed by atoms with Crippen molar-refractivity contribution >= 4 is 27.9 Å². The van der Waals surface area contributed by atoms with E-state index < -0.39 is 41.1 Å². The minimum absolute atomic E-state index is 0.867. The Bertz CT molecular complexity index is 333. The van der Waals surface area contributed by atoms with Crippen molar-refractivity contribution in [3.63, 3.8) is 0 Å². The van der Waals surface area contributed by atoms with E-state index in [1.54, 1.807) is 0 Å². The van der Waals surface area contributed by atoms with E-state index in [1.807, 2.05) is 0 Å². The Morgan fingerprint density at radius 2 is 1.82 bits per heavy atom. The Balaban J connectivity index is 2.99. The molecule has 0 saturated carbocycles. The summed E-state index contributed by atoms with van der Waals surface area (Å²) >= 11 is 2.69. The fourth-order valence-corrected chi connectivity index (χ4v) is 2.06. The van der Waals surface area contributed by atoms with Gasteiger partial charge in [0.15, 0.2) is 12.2 Å². The highest BCUT2D eigenvalue weighted by Crippen LogP contribution is 2.36. The van der Waals surface area contributed by atoms with Crippen molar-refractivity contribution in [3.8, 4) is 0 Å². The van der Waals surface area contributed by atoms with Gasteiger partial charge in [0.2, 0.25) is 0 Å². The summed E-state index contributed by atoms with van der Waals surface area (Å²) in [6, 6.07) is 0. The van der Waals surface area contributed by atoms with Gasteiger partial charge in [-0.25, -0.2) is 4.79 Å². The maximum Gasteiger partial charge on any atom is 0.335 e. The Morgan fingerprint density at radius 3 is 2.24 bits per heavy atom. The molecule has 98 valence electrons. The number of esters is 1. The van der Waals surface area contributed by atoms with E-state index in [9.17, 15) is 24.9 Å². The van der Waals surface area contributed by atoms with Crippen LogP contribution in [0, 0.1) is 0 Å². The predicted molar refractivity (Wildman–Crippen MR) is 54.0 cm³/mol. The topological polar surface area (TPSA) is 134 Å². The number of hydrogen-bond acceptors (Lipinski definition) is 7.